The number of benzene rings is 1. The third-order valence-electron chi connectivity index (χ3n) is 5.64. The van der Waals surface area contributed by atoms with Crippen LogP contribution in [0.25, 0.3) is 11.6 Å². The highest BCUT2D eigenvalue weighted by Crippen LogP contribution is 2.36. The molecule has 1 aliphatic rings. The van der Waals surface area contributed by atoms with Crippen LogP contribution in [-0.2, 0) is 4.79 Å². The highest BCUT2D eigenvalue weighted by atomic mass is 32.2. The van der Waals surface area contributed by atoms with Crippen LogP contribution in [0.3, 0.4) is 0 Å². The molecule has 0 aliphatic heterocycles. The van der Waals surface area contributed by atoms with E-state index in [1.807, 2.05) is 45.0 Å². The molecule has 1 saturated carbocycles. The van der Waals surface area contributed by atoms with Crippen molar-refractivity contribution < 1.29 is 9.21 Å². The van der Waals surface area contributed by atoms with E-state index in [-0.39, 0.29) is 11.2 Å². The molecule has 0 saturated heterocycles. The summed E-state index contributed by atoms with van der Waals surface area (Å²) in [6.07, 6.45) is 7.53. The Kier molecular flexibility index (Phi) is 6.27. The van der Waals surface area contributed by atoms with Crippen LogP contribution in [0, 0.1) is 13.8 Å². The van der Waals surface area contributed by atoms with Crippen molar-refractivity contribution in [3.63, 3.8) is 0 Å². The highest BCUT2D eigenvalue weighted by Gasteiger charge is 2.27. The number of hydrogen-bond acceptors (Lipinski definition) is 5. The second kappa shape index (κ2) is 9.08. The molecule has 1 unspecified atom stereocenters. The Bertz CT molecular complexity index is 1010. The second-order valence-corrected chi connectivity index (χ2v) is 9.32. The number of anilines is 1. The van der Waals surface area contributed by atoms with Crippen LogP contribution >= 0.6 is 11.8 Å². The van der Waals surface area contributed by atoms with Crippen LogP contribution in [0.2, 0.25) is 0 Å². The van der Waals surface area contributed by atoms with Gasteiger partial charge in [0.2, 0.25) is 11.7 Å². The Morgan fingerprint density at radius 1 is 1.20 bits per heavy atom. The Balaban J connectivity index is 1.55. The summed E-state index contributed by atoms with van der Waals surface area (Å²) in [4.78, 5) is 12.9. The molecule has 30 heavy (non-hydrogen) atoms. The van der Waals surface area contributed by atoms with Gasteiger partial charge in [-0.3, -0.25) is 9.36 Å². The minimum absolute atomic E-state index is 0.0373. The zero-order chi connectivity index (χ0) is 21.1. The van der Waals surface area contributed by atoms with Crippen LogP contribution in [-0.4, -0.2) is 25.9 Å². The molecular formula is C23H28N4O2S. The van der Waals surface area contributed by atoms with Gasteiger partial charge in [-0.15, -0.1) is 10.2 Å². The van der Waals surface area contributed by atoms with Crippen molar-refractivity contribution in [3.8, 4) is 11.6 Å². The van der Waals surface area contributed by atoms with Crippen LogP contribution in [0.5, 0.6) is 0 Å². The van der Waals surface area contributed by atoms with Gasteiger partial charge < -0.3 is 9.73 Å². The largest absolute Gasteiger partial charge is 0.461 e. The molecule has 0 radical (unpaired) electrons. The van der Waals surface area contributed by atoms with Gasteiger partial charge in [0.15, 0.2) is 10.9 Å². The number of aryl methyl sites for hydroxylation is 2. The summed E-state index contributed by atoms with van der Waals surface area (Å²) in [6.45, 7) is 5.97. The van der Waals surface area contributed by atoms with Gasteiger partial charge in [-0.05, 0) is 57.4 Å². The van der Waals surface area contributed by atoms with Crippen LogP contribution in [0.4, 0.5) is 5.69 Å². The van der Waals surface area contributed by atoms with Gasteiger partial charge in [0.1, 0.15) is 0 Å². The van der Waals surface area contributed by atoms with Gasteiger partial charge in [0.05, 0.1) is 11.5 Å². The van der Waals surface area contributed by atoms with E-state index in [1.165, 1.54) is 36.6 Å². The first kappa shape index (κ1) is 20.7. The minimum Gasteiger partial charge on any atom is -0.461 e. The van der Waals surface area contributed by atoms with E-state index in [0.717, 1.165) is 35.1 Å². The Labute approximate surface area is 181 Å². The van der Waals surface area contributed by atoms with Gasteiger partial charge in [0, 0.05) is 11.7 Å². The van der Waals surface area contributed by atoms with Gasteiger partial charge in [-0.2, -0.15) is 0 Å². The predicted molar refractivity (Wildman–Crippen MR) is 120 cm³/mol. The molecule has 1 atom stereocenters. The number of carbonyl (C=O) groups excluding carboxylic acids is 1. The van der Waals surface area contributed by atoms with E-state index >= 15 is 0 Å². The molecule has 1 aliphatic carbocycles. The number of nitrogens with one attached hydrogen (secondary N) is 1. The standard InChI is InChI=1S/C23H28N4O2S/c1-15-11-12-19(16(2)14-15)24-22(28)17(3)30-23-26-25-21(20-10-7-13-29-20)27(23)18-8-5-4-6-9-18/h7,10-14,17-18H,4-6,8-9H2,1-3H3,(H,24,28). The fraction of sp³-hybridized carbons (Fsp3) is 0.435. The first-order chi connectivity index (χ1) is 14.5. The third kappa shape index (κ3) is 4.46. The topological polar surface area (TPSA) is 73.0 Å². The molecule has 0 spiro atoms. The van der Waals surface area contributed by atoms with E-state index in [9.17, 15) is 4.79 Å². The SMILES string of the molecule is Cc1ccc(NC(=O)C(C)Sc2nnc(-c3ccco3)n2C2CCCCC2)c(C)c1. The van der Waals surface area contributed by atoms with Crippen LogP contribution in [0.1, 0.15) is 56.2 Å². The molecule has 0 bridgehead atoms. The molecule has 3 aromatic rings. The van der Waals surface area contributed by atoms with Gasteiger partial charge >= 0.3 is 0 Å². The molecule has 7 heteroatoms. The highest BCUT2D eigenvalue weighted by molar-refractivity contribution is 8.00. The van der Waals surface area contributed by atoms with Crippen LogP contribution in [0.15, 0.2) is 46.2 Å². The Morgan fingerprint density at radius 2 is 2.00 bits per heavy atom. The molecule has 1 aromatic carbocycles. The number of thioether (sulfide) groups is 1. The number of hydrogen-bond donors (Lipinski definition) is 1. The van der Waals surface area contributed by atoms with Crippen LogP contribution < -0.4 is 5.32 Å². The van der Waals surface area contributed by atoms with E-state index in [4.69, 9.17) is 4.42 Å². The van der Waals surface area contributed by atoms with Crippen molar-refractivity contribution in [1.29, 1.82) is 0 Å². The minimum atomic E-state index is -0.304. The number of amides is 1. The molecule has 1 fully saturated rings. The van der Waals surface area contributed by atoms with Crippen molar-refractivity contribution in [2.45, 2.75) is 69.3 Å². The zero-order valence-electron chi connectivity index (χ0n) is 17.7. The number of furan rings is 1. The molecule has 2 aromatic heterocycles. The Hall–Kier alpha value is -2.54. The summed E-state index contributed by atoms with van der Waals surface area (Å²) < 4.78 is 7.79. The predicted octanol–water partition coefficient (Wildman–Crippen LogP) is 5.78. The summed E-state index contributed by atoms with van der Waals surface area (Å²) in [6, 6.07) is 10.2. The molecule has 2 heterocycles. The summed E-state index contributed by atoms with van der Waals surface area (Å²) in [5.74, 6) is 1.42. The van der Waals surface area contributed by atoms with Crippen molar-refractivity contribution in [2.75, 3.05) is 5.32 Å². The smallest absolute Gasteiger partial charge is 0.237 e. The lowest BCUT2D eigenvalue weighted by atomic mass is 9.95. The van der Waals surface area contributed by atoms with Crippen molar-refractivity contribution in [3.05, 3.63) is 47.7 Å². The van der Waals surface area contributed by atoms with Crippen molar-refractivity contribution in [1.82, 2.24) is 14.8 Å². The molecule has 1 amide bonds. The first-order valence-electron chi connectivity index (χ1n) is 10.6. The lowest BCUT2D eigenvalue weighted by Crippen LogP contribution is -2.24. The van der Waals surface area contributed by atoms with E-state index in [2.05, 4.69) is 26.1 Å². The van der Waals surface area contributed by atoms with E-state index < -0.39 is 0 Å². The fourth-order valence-corrected chi connectivity index (χ4v) is 4.92. The lowest BCUT2D eigenvalue weighted by molar-refractivity contribution is -0.115. The fourth-order valence-electron chi connectivity index (χ4n) is 4.00. The molecule has 1 N–H and O–H groups in total. The van der Waals surface area contributed by atoms with Gasteiger partial charge in [-0.1, -0.05) is 48.7 Å². The maximum Gasteiger partial charge on any atom is 0.237 e. The maximum atomic E-state index is 12.9. The molecule has 4 rings (SSSR count). The summed E-state index contributed by atoms with van der Waals surface area (Å²) in [5.41, 5.74) is 3.09. The van der Waals surface area contributed by atoms with E-state index in [1.54, 1.807) is 6.26 Å². The third-order valence-corrected chi connectivity index (χ3v) is 6.69. The Morgan fingerprint density at radius 3 is 2.70 bits per heavy atom. The normalized spacial score (nSPS) is 15.8. The zero-order valence-corrected chi connectivity index (χ0v) is 18.5. The van der Waals surface area contributed by atoms with Gasteiger partial charge in [-0.25, -0.2) is 0 Å². The molecule has 158 valence electrons. The monoisotopic (exact) mass is 424 g/mol. The van der Waals surface area contributed by atoms with Crippen molar-refractivity contribution in [2.24, 2.45) is 0 Å². The van der Waals surface area contributed by atoms with Gasteiger partial charge in [0.25, 0.3) is 0 Å². The number of nitrogens with zero attached hydrogens (tertiary/aromatic N) is 3. The number of carbonyl (C=O) groups is 1. The van der Waals surface area contributed by atoms with Crippen molar-refractivity contribution >= 4 is 23.4 Å². The maximum absolute atomic E-state index is 12.9. The average Bonchev–Trinajstić information content (AvgIpc) is 3.40. The van der Waals surface area contributed by atoms with E-state index in [0.29, 0.717) is 11.8 Å². The first-order valence-corrected chi connectivity index (χ1v) is 11.4. The quantitative estimate of drug-likeness (QED) is 0.508. The summed E-state index contributed by atoms with van der Waals surface area (Å²) >= 11 is 1.45. The summed E-state index contributed by atoms with van der Waals surface area (Å²) in [5, 5.41) is 12.4. The summed E-state index contributed by atoms with van der Waals surface area (Å²) in [7, 11) is 0. The molecule has 6 nitrogen and oxygen atoms in total. The second-order valence-electron chi connectivity index (χ2n) is 8.01. The average molecular weight is 425 g/mol. The number of rotatable bonds is 6. The molecular weight excluding hydrogens is 396 g/mol. The number of aromatic nitrogens is 3. The lowest BCUT2D eigenvalue weighted by Gasteiger charge is -2.25.